The van der Waals surface area contributed by atoms with Gasteiger partial charge < -0.3 is 5.32 Å². The Bertz CT molecular complexity index is 1510. The molecular weight excluding hydrogens is 428 g/mol. The van der Waals surface area contributed by atoms with E-state index in [4.69, 9.17) is 4.98 Å². The Balaban J connectivity index is 1.46. The van der Waals surface area contributed by atoms with Gasteiger partial charge >= 0.3 is 0 Å². The number of aromatic nitrogens is 7. The second-order valence-electron chi connectivity index (χ2n) is 8.33. The van der Waals surface area contributed by atoms with Gasteiger partial charge in [-0.25, -0.2) is 4.98 Å². The highest BCUT2D eigenvalue weighted by atomic mass is 16.1. The topological polar surface area (TPSA) is 95.5 Å². The number of pyridine rings is 1. The number of anilines is 1. The number of fused-ring (bicyclic) bond motifs is 1. The van der Waals surface area contributed by atoms with Crippen molar-refractivity contribution < 1.29 is 4.79 Å². The zero-order valence-electron chi connectivity index (χ0n) is 19.6. The van der Waals surface area contributed by atoms with Crippen LogP contribution in [0.1, 0.15) is 34.2 Å². The molecule has 0 aliphatic carbocycles. The number of carbonyl (C=O) groups excluding carboxylic acids is 1. The maximum absolute atomic E-state index is 13.4. The summed E-state index contributed by atoms with van der Waals surface area (Å²) in [5.41, 5.74) is 6.55. The van der Waals surface area contributed by atoms with Crippen LogP contribution in [0, 0.1) is 13.8 Å². The van der Waals surface area contributed by atoms with Gasteiger partial charge in [0, 0.05) is 48.2 Å². The summed E-state index contributed by atoms with van der Waals surface area (Å²) in [5.74, 6) is -0.211. The van der Waals surface area contributed by atoms with Gasteiger partial charge in [0.1, 0.15) is 0 Å². The molecular formula is C25H26N8O. The van der Waals surface area contributed by atoms with Crippen LogP contribution in [0.3, 0.4) is 0 Å². The molecule has 0 fully saturated rings. The van der Waals surface area contributed by atoms with Crippen molar-refractivity contribution in [3.8, 4) is 11.3 Å². The number of rotatable bonds is 6. The highest BCUT2D eigenvalue weighted by Gasteiger charge is 2.19. The SMILES string of the molecule is CCn1cc(Cn2cc(NC(=O)c3cc(-c4c(C)nn(C)c4C)nc4ccccc34)cn2)cn1. The van der Waals surface area contributed by atoms with E-state index in [1.807, 2.05) is 86.1 Å². The molecule has 0 bridgehead atoms. The summed E-state index contributed by atoms with van der Waals surface area (Å²) in [6.07, 6.45) is 7.30. The van der Waals surface area contributed by atoms with E-state index in [2.05, 4.69) is 20.6 Å². The van der Waals surface area contributed by atoms with Crippen molar-refractivity contribution in [3.05, 3.63) is 77.6 Å². The molecule has 34 heavy (non-hydrogen) atoms. The first-order chi connectivity index (χ1) is 16.4. The van der Waals surface area contributed by atoms with Gasteiger partial charge in [0.25, 0.3) is 5.91 Å². The smallest absolute Gasteiger partial charge is 0.256 e. The van der Waals surface area contributed by atoms with Gasteiger partial charge in [-0.15, -0.1) is 0 Å². The van der Waals surface area contributed by atoms with Gasteiger partial charge in [0.15, 0.2) is 0 Å². The largest absolute Gasteiger partial charge is 0.319 e. The first kappa shape index (κ1) is 21.6. The van der Waals surface area contributed by atoms with Gasteiger partial charge in [-0.2, -0.15) is 15.3 Å². The fourth-order valence-electron chi connectivity index (χ4n) is 4.20. The van der Waals surface area contributed by atoms with Crippen molar-refractivity contribution >= 4 is 22.5 Å². The van der Waals surface area contributed by atoms with Crippen LogP contribution in [0.25, 0.3) is 22.2 Å². The first-order valence-electron chi connectivity index (χ1n) is 11.2. The highest BCUT2D eigenvalue weighted by Crippen LogP contribution is 2.29. The van der Waals surface area contributed by atoms with Gasteiger partial charge in [-0.3, -0.25) is 18.8 Å². The second-order valence-corrected chi connectivity index (χ2v) is 8.33. The summed E-state index contributed by atoms with van der Waals surface area (Å²) in [7, 11) is 1.91. The van der Waals surface area contributed by atoms with Crippen molar-refractivity contribution in [2.24, 2.45) is 7.05 Å². The molecule has 1 amide bonds. The number of para-hydroxylation sites is 1. The van der Waals surface area contributed by atoms with Crippen molar-refractivity contribution in [3.63, 3.8) is 0 Å². The third-order valence-electron chi connectivity index (χ3n) is 5.97. The number of hydrogen-bond donors (Lipinski definition) is 1. The second kappa shape index (κ2) is 8.58. The van der Waals surface area contributed by atoms with E-state index in [1.54, 1.807) is 10.9 Å². The molecule has 0 saturated carbocycles. The minimum absolute atomic E-state index is 0.211. The van der Waals surface area contributed by atoms with E-state index >= 15 is 0 Å². The van der Waals surface area contributed by atoms with Crippen molar-refractivity contribution in [1.82, 2.24) is 34.3 Å². The Hall–Kier alpha value is -4.27. The Kier molecular flexibility index (Phi) is 5.45. The number of nitrogens with one attached hydrogen (secondary N) is 1. The van der Waals surface area contributed by atoms with Crippen LogP contribution in [0.4, 0.5) is 5.69 Å². The monoisotopic (exact) mass is 454 g/mol. The molecule has 4 heterocycles. The molecule has 5 rings (SSSR count). The predicted octanol–water partition coefficient (Wildman–Crippen LogP) is 3.97. The van der Waals surface area contributed by atoms with E-state index < -0.39 is 0 Å². The number of aryl methyl sites for hydroxylation is 3. The third-order valence-corrected chi connectivity index (χ3v) is 5.97. The Morgan fingerprint density at radius 1 is 1.06 bits per heavy atom. The van der Waals surface area contributed by atoms with Crippen LogP contribution in [0.15, 0.2) is 55.1 Å². The Morgan fingerprint density at radius 3 is 2.59 bits per heavy atom. The third kappa shape index (κ3) is 3.96. The highest BCUT2D eigenvalue weighted by molar-refractivity contribution is 6.13. The molecule has 4 aromatic heterocycles. The summed E-state index contributed by atoms with van der Waals surface area (Å²) in [4.78, 5) is 18.2. The number of carbonyl (C=O) groups is 1. The molecule has 0 saturated heterocycles. The van der Waals surface area contributed by atoms with E-state index in [1.165, 1.54) is 0 Å². The predicted molar refractivity (Wildman–Crippen MR) is 131 cm³/mol. The summed E-state index contributed by atoms with van der Waals surface area (Å²) in [5, 5.41) is 17.0. The van der Waals surface area contributed by atoms with E-state index in [0.717, 1.165) is 45.7 Å². The Morgan fingerprint density at radius 2 is 1.85 bits per heavy atom. The molecule has 1 aromatic carbocycles. The summed E-state index contributed by atoms with van der Waals surface area (Å²) in [6, 6.07) is 9.52. The Labute approximate surface area is 197 Å². The first-order valence-corrected chi connectivity index (χ1v) is 11.2. The fraction of sp³-hybridized carbons (Fsp3) is 0.240. The lowest BCUT2D eigenvalue weighted by Gasteiger charge is -2.10. The quantitative estimate of drug-likeness (QED) is 0.419. The molecule has 0 radical (unpaired) electrons. The summed E-state index contributed by atoms with van der Waals surface area (Å²) in [6.45, 7) is 7.41. The lowest BCUT2D eigenvalue weighted by Crippen LogP contribution is -2.13. The van der Waals surface area contributed by atoms with Gasteiger partial charge in [-0.1, -0.05) is 18.2 Å². The number of amides is 1. The van der Waals surface area contributed by atoms with Crippen molar-refractivity contribution in [2.45, 2.75) is 33.9 Å². The molecule has 0 atom stereocenters. The van der Waals surface area contributed by atoms with Crippen LogP contribution in [0.2, 0.25) is 0 Å². The minimum atomic E-state index is -0.211. The molecule has 0 unspecified atom stereocenters. The van der Waals surface area contributed by atoms with E-state index in [-0.39, 0.29) is 5.91 Å². The van der Waals surface area contributed by atoms with E-state index in [0.29, 0.717) is 17.8 Å². The average Bonchev–Trinajstić information content (AvgIpc) is 3.53. The van der Waals surface area contributed by atoms with Crippen molar-refractivity contribution in [2.75, 3.05) is 5.32 Å². The van der Waals surface area contributed by atoms with Crippen LogP contribution < -0.4 is 5.32 Å². The number of benzene rings is 1. The lowest BCUT2D eigenvalue weighted by molar-refractivity contribution is 0.102. The molecule has 9 heteroatoms. The van der Waals surface area contributed by atoms with Gasteiger partial charge in [0.2, 0.25) is 0 Å². The van der Waals surface area contributed by atoms with E-state index in [9.17, 15) is 4.79 Å². The maximum atomic E-state index is 13.4. The van der Waals surface area contributed by atoms with Gasteiger partial charge in [-0.05, 0) is 32.9 Å². The molecule has 9 nitrogen and oxygen atoms in total. The van der Waals surface area contributed by atoms with Crippen LogP contribution >= 0.6 is 0 Å². The molecule has 0 spiro atoms. The normalized spacial score (nSPS) is 11.3. The lowest BCUT2D eigenvalue weighted by atomic mass is 10.0. The zero-order valence-corrected chi connectivity index (χ0v) is 19.6. The van der Waals surface area contributed by atoms with Crippen molar-refractivity contribution in [1.29, 1.82) is 0 Å². The zero-order chi connectivity index (χ0) is 23.8. The summed E-state index contributed by atoms with van der Waals surface area (Å²) < 4.78 is 5.49. The fourth-order valence-corrected chi connectivity index (χ4v) is 4.20. The van der Waals surface area contributed by atoms with Gasteiger partial charge in [0.05, 0.1) is 47.1 Å². The molecule has 1 N–H and O–H groups in total. The van der Waals surface area contributed by atoms with Crippen LogP contribution in [-0.2, 0) is 20.1 Å². The molecule has 172 valence electrons. The summed E-state index contributed by atoms with van der Waals surface area (Å²) >= 11 is 0. The molecule has 0 aliphatic heterocycles. The van der Waals surface area contributed by atoms with Crippen LogP contribution in [-0.4, -0.2) is 40.2 Å². The molecule has 5 aromatic rings. The maximum Gasteiger partial charge on any atom is 0.256 e. The van der Waals surface area contributed by atoms with Crippen LogP contribution in [0.5, 0.6) is 0 Å². The molecule has 0 aliphatic rings. The average molecular weight is 455 g/mol. The standard InChI is InChI=1S/C25H26N8O/c1-5-32-13-18(11-26-32)14-33-15-19(12-27-33)28-25(34)21-10-23(24-16(2)30-31(4)17(24)3)29-22-9-7-6-8-20(21)22/h6-13,15H,5,14H2,1-4H3,(H,28,34). The number of nitrogens with zero attached hydrogens (tertiary/aromatic N) is 7. The number of hydrogen-bond acceptors (Lipinski definition) is 5. The minimum Gasteiger partial charge on any atom is -0.319 e.